The SMILES string of the molecule is CC1(C)[C@H](NC(=O)[C@@H]2C[C@@H]2c2cccc(F)c2)[C@H]2CCO[C@H]21. The smallest absolute Gasteiger partial charge is 0.223 e. The van der Waals surface area contributed by atoms with Crippen molar-refractivity contribution >= 4 is 5.91 Å². The highest BCUT2D eigenvalue weighted by Gasteiger charge is 2.60. The summed E-state index contributed by atoms with van der Waals surface area (Å²) >= 11 is 0. The van der Waals surface area contributed by atoms with Crippen molar-refractivity contribution < 1.29 is 13.9 Å². The highest BCUT2D eigenvalue weighted by molar-refractivity contribution is 5.83. The number of nitrogens with one attached hydrogen (secondary N) is 1. The number of rotatable bonds is 3. The van der Waals surface area contributed by atoms with Crippen molar-refractivity contribution in [2.75, 3.05) is 6.61 Å². The molecule has 4 heteroatoms. The van der Waals surface area contributed by atoms with Gasteiger partial charge in [0.2, 0.25) is 5.91 Å². The molecule has 1 aromatic carbocycles. The molecule has 3 fully saturated rings. The third kappa shape index (κ3) is 2.08. The van der Waals surface area contributed by atoms with Gasteiger partial charge in [-0.15, -0.1) is 0 Å². The molecular formula is C18H22FNO2. The van der Waals surface area contributed by atoms with Crippen molar-refractivity contribution in [3.8, 4) is 0 Å². The van der Waals surface area contributed by atoms with Crippen LogP contribution >= 0.6 is 0 Å². The third-order valence-electron chi connectivity index (χ3n) is 5.80. The molecule has 2 saturated carbocycles. The van der Waals surface area contributed by atoms with Gasteiger partial charge in [0.1, 0.15) is 5.82 Å². The van der Waals surface area contributed by atoms with Gasteiger partial charge in [-0.1, -0.05) is 26.0 Å². The van der Waals surface area contributed by atoms with Gasteiger partial charge in [0, 0.05) is 29.9 Å². The summed E-state index contributed by atoms with van der Waals surface area (Å²) < 4.78 is 19.1. The first-order valence-electron chi connectivity index (χ1n) is 8.16. The molecule has 4 rings (SSSR count). The lowest BCUT2D eigenvalue weighted by molar-refractivity contribution is -0.138. The van der Waals surface area contributed by atoms with E-state index < -0.39 is 0 Å². The molecule has 5 atom stereocenters. The average Bonchev–Trinajstić information content (AvgIpc) is 3.15. The quantitative estimate of drug-likeness (QED) is 0.932. The maximum atomic E-state index is 13.3. The molecule has 1 aromatic rings. The van der Waals surface area contributed by atoms with Crippen LogP contribution in [0, 0.1) is 23.1 Å². The predicted molar refractivity (Wildman–Crippen MR) is 80.8 cm³/mol. The minimum absolute atomic E-state index is 0.000952. The molecule has 0 aromatic heterocycles. The molecule has 1 amide bonds. The van der Waals surface area contributed by atoms with Crippen LogP contribution in [0.4, 0.5) is 4.39 Å². The van der Waals surface area contributed by atoms with Crippen molar-refractivity contribution in [3.05, 3.63) is 35.6 Å². The molecule has 3 nitrogen and oxygen atoms in total. The first kappa shape index (κ1) is 14.2. The predicted octanol–water partition coefficient (Wildman–Crippen LogP) is 2.86. The highest BCUT2D eigenvalue weighted by Crippen LogP contribution is 2.53. The monoisotopic (exact) mass is 303 g/mol. The lowest BCUT2D eigenvalue weighted by atomic mass is 9.57. The van der Waals surface area contributed by atoms with E-state index in [1.54, 1.807) is 12.1 Å². The van der Waals surface area contributed by atoms with Crippen molar-refractivity contribution in [2.45, 2.75) is 44.8 Å². The molecule has 3 aliphatic rings. The summed E-state index contributed by atoms with van der Waals surface area (Å²) in [5.74, 6) is 0.533. The molecule has 1 N–H and O–H groups in total. The maximum Gasteiger partial charge on any atom is 0.223 e. The first-order chi connectivity index (χ1) is 10.5. The lowest BCUT2D eigenvalue weighted by Gasteiger charge is -2.54. The zero-order chi connectivity index (χ0) is 15.5. The number of hydrogen-bond donors (Lipinski definition) is 1. The van der Waals surface area contributed by atoms with Gasteiger partial charge in [0.05, 0.1) is 6.10 Å². The zero-order valence-electron chi connectivity index (χ0n) is 13.0. The van der Waals surface area contributed by atoms with Gasteiger partial charge in [-0.25, -0.2) is 4.39 Å². The van der Waals surface area contributed by atoms with E-state index in [1.165, 1.54) is 6.07 Å². The van der Waals surface area contributed by atoms with E-state index in [0.717, 1.165) is 25.0 Å². The van der Waals surface area contributed by atoms with Gasteiger partial charge in [0.25, 0.3) is 0 Å². The van der Waals surface area contributed by atoms with Crippen LogP contribution < -0.4 is 5.32 Å². The highest BCUT2D eigenvalue weighted by atomic mass is 19.1. The summed E-state index contributed by atoms with van der Waals surface area (Å²) in [6, 6.07) is 6.83. The van der Waals surface area contributed by atoms with Gasteiger partial charge in [-0.2, -0.15) is 0 Å². The van der Waals surface area contributed by atoms with Crippen molar-refractivity contribution in [2.24, 2.45) is 17.3 Å². The van der Waals surface area contributed by atoms with E-state index >= 15 is 0 Å². The Bertz CT molecular complexity index is 615. The van der Waals surface area contributed by atoms with Gasteiger partial charge < -0.3 is 10.1 Å². The van der Waals surface area contributed by atoms with Crippen LogP contribution in [0.1, 0.15) is 38.2 Å². The third-order valence-corrected chi connectivity index (χ3v) is 5.80. The molecule has 1 heterocycles. The zero-order valence-corrected chi connectivity index (χ0v) is 13.0. The normalized spacial score (nSPS) is 38.0. The molecule has 2 aliphatic carbocycles. The summed E-state index contributed by atoms with van der Waals surface area (Å²) in [7, 11) is 0. The van der Waals surface area contributed by atoms with Crippen molar-refractivity contribution in [1.82, 2.24) is 5.32 Å². The van der Waals surface area contributed by atoms with Crippen molar-refractivity contribution in [1.29, 1.82) is 0 Å². The van der Waals surface area contributed by atoms with Crippen LogP contribution in [0.3, 0.4) is 0 Å². The molecule has 118 valence electrons. The molecule has 0 radical (unpaired) electrons. The Morgan fingerprint density at radius 1 is 1.41 bits per heavy atom. The van der Waals surface area contributed by atoms with E-state index in [4.69, 9.17) is 4.74 Å². The number of halogens is 1. The minimum Gasteiger partial charge on any atom is -0.377 e. The van der Waals surface area contributed by atoms with E-state index in [2.05, 4.69) is 19.2 Å². The second-order valence-corrected chi connectivity index (χ2v) is 7.56. The summed E-state index contributed by atoms with van der Waals surface area (Å²) in [5.41, 5.74) is 0.954. The molecule has 22 heavy (non-hydrogen) atoms. The minimum atomic E-state index is -0.227. The Morgan fingerprint density at radius 2 is 2.23 bits per heavy atom. The van der Waals surface area contributed by atoms with Gasteiger partial charge in [-0.3, -0.25) is 4.79 Å². The number of carbonyl (C=O) groups excluding carboxylic acids is 1. The van der Waals surface area contributed by atoms with Crippen LogP contribution in [0.2, 0.25) is 0 Å². The van der Waals surface area contributed by atoms with Gasteiger partial charge in [0.15, 0.2) is 0 Å². The van der Waals surface area contributed by atoms with E-state index in [-0.39, 0.29) is 41.1 Å². The molecule has 1 aliphatic heterocycles. The lowest BCUT2D eigenvalue weighted by Crippen LogP contribution is -2.66. The standard InChI is InChI=1S/C18H22FNO2/c1-18(2)15(12-6-7-22-16(12)18)20-17(21)14-9-13(14)10-4-3-5-11(19)8-10/h3-5,8,12-16H,6-7,9H2,1-2H3,(H,20,21)/t12-,13-,14-,15-,16-/m1/s1. The number of benzene rings is 1. The number of fused-ring (bicyclic) bond motifs is 1. The van der Waals surface area contributed by atoms with E-state index in [0.29, 0.717) is 5.92 Å². The number of hydrogen-bond acceptors (Lipinski definition) is 2. The second-order valence-electron chi connectivity index (χ2n) is 7.56. The fourth-order valence-electron chi connectivity index (χ4n) is 4.47. The van der Waals surface area contributed by atoms with Crippen LogP contribution in [-0.2, 0) is 9.53 Å². The van der Waals surface area contributed by atoms with Crippen LogP contribution in [-0.4, -0.2) is 24.7 Å². The summed E-state index contributed by atoms with van der Waals surface area (Å²) in [4.78, 5) is 12.5. The summed E-state index contributed by atoms with van der Waals surface area (Å²) in [6.07, 6.45) is 2.15. The molecular weight excluding hydrogens is 281 g/mol. The van der Waals surface area contributed by atoms with E-state index in [9.17, 15) is 9.18 Å². The van der Waals surface area contributed by atoms with Crippen LogP contribution in [0.5, 0.6) is 0 Å². The maximum absolute atomic E-state index is 13.3. The Morgan fingerprint density at radius 3 is 3.00 bits per heavy atom. The van der Waals surface area contributed by atoms with Gasteiger partial charge >= 0.3 is 0 Å². The summed E-state index contributed by atoms with van der Waals surface area (Å²) in [5, 5.41) is 3.24. The van der Waals surface area contributed by atoms with E-state index in [1.807, 2.05) is 6.07 Å². The number of carbonyl (C=O) groups is 1. The summed E-state index contributed by atoms with van der Waals surface area (Å²) in [6.45, 7) is 5.14. The second kappa shape index (κ2) is 4.79. The average molecular weight is 303 g/mol. The molecule has 0 bridgehead atoms. The molecule has 1 saturated heterocycles. The molecule has 0 spiro atoms. The Balaban J connectivity index is 1.40. The largest absolute Gasteiger partial charge is 0.377 e. The van der Waals surface area contributed by atoms with Crippen LogP contribution in [0.25, 0.3) is 0 Å². The van der Waals surface area contributed by atoms with Gasteiger partial charge in [-0.05, 0) is 36.5 Å². The topological polar surface area (TPSA) is 38.3 Å². The number of amides is 1. The Kier molecular flexibility index (Phi) is 3.09. The fraction of sp³-hybridized carbons (Fsp3) is 0.611. The van der Waals surface area contributed by atoms with Crippen LogP contribution in [0.15, 0.2) is 24.3 Å². The van der Waals surface area contributed by atoms with Crippen molar-refractivity contribution in [3.63, 3.8) is 0 Å². The number of ether oxygens (including phenoxy) is 1. The molecule has 0 unspecified atom stereocenters. The Labute approximate surface area is 130 Å². The Hall–Kier alpha value is -1.42. The first-order valence-corrected chi connectivity index (χ1v) is 8.16. The fourth-order valence-corrected chi connectivity index (χ4v) is 4.47.